The zero-order chi connectivity index (χ0) is 11.8. The van der Waals surface area contributed by atoms with E-state index in [1.54, 1.807) is 0 Å². The molecular weight excluding hydrogens is 208 g/mol. The number of nitrogens with zero attached hydrogens (tertiary/aromatic N) is 2. The van der Waals surface area contributed by atoms with Crippen molar-refractivity contribution in [2.45, 2.75) is 13.3 Å². The maximum atomic E-state index is 10.6. The van der Waals surface area contributed by atoms with Crippen molar-refractivity contribution in [3.63, 3.8) is 0 Å². The lowest BCUT2D eigenvalue weighted by Crippen LogP contribution is -2.17. The summed E-state index contributed by atoms with van der Waals surface area (Å²) >= 11 is 0. The Morgan fingerprint density at radius 3 is 2.94 bits per heavy atom. The number of nitrogens with one attached hydrogen (secondary N) is 2. The quantitative estimate of drug-likeness (QED) is 0.587. The summed E-state index contributed by atoms with van der Waals surface area (Å²) in [5.74, 6) is -0.569. The summed E-state index contributed by atoms with van der Waals surface area (Å²) in [7, 11) is 0. The molecule has 0 bridgehead atoms. The van der Waals surface area contributed by atoms with Crippen LogP contribution in [0, 0.1) is 0 Å². The van der Waals surface area contributed by atoms with Crippen LogP contribution >= 0.6 is 0 Å². The van der Waals surface area contributed by atoms with Gasteiger partial charge >= 0.3 is 5.97 Å². The highest BCUT2D eigenvalue weighted by atomic mass is 16.4. The Bertz CT molecular complexity index is 343. The van der Waals surface area contributed by atoms with Gasteiger partial charge in [-0.3, -0.25) is 4.98 Å². The van der Waals surface area contributed by atoms with Crippen LogP contribution in [-0.2, 0) is 0 Å². The van der Waals surface area contributed by atoms with Gasteiger partial charge in [-0.25, -0.2) is 9.78 Å². The monoisotopic (exact) mass is 224 g/mol. The largest absolute Gasteiger partial charge is 0.476 e. The predicted octanol–water partition coefficient (Wildman–Crippen LogP) is 0.586. The van der Waals surface area contributed by atoms with Gasteiger partial charge in [-0.2, -0.15) is 0 Å². The van der Waals surface area contributed by atoms with Gasteiger partial charge in [0.2, 0.25) is 0 Å². The van der Waals surface area contributed by atoms with Crippen LogP contribution < -0.4 is 10.6 Å². The Morgan fingerprint density at radius 1 is 1.44 bits per heavy atom. The summed E-state index contributed by atoms with van der Waals surface area (Å²) in [4.78, 5) is 18.3. The van der Waals surface area contributed by atoms with Crippen molar-refractivity contribution in [2.24, 2.45) is 0 Å². The summed E-state index contributed by atoms with van der Waals surface area (Å²) in [5, 5.41) is 14.9. The van der Waals surface area contributed by atoms with Gasteiger partial charge < -0.3 is 15.7 Å². The van der Waals surface area contributed by atoms with Crippen LogP contribution in [0.3, 0.4) is 0 Å². The highest BCUT2D eigenvalue weighted by Crippen LogP contribution is 2.01. The third kappa shape index (κ3) is 4.22. The molecule has 0 aliphatic rings. The van der Waals surface area contributed by atoms with E-state index >= 15 is 0 Å². The van der Waals surface area contributed by atoms with E-state index in [1.165, 1.54) is 12.4 Å². The molecule has 0 fully saturated rings. The average molecular weight is 224 g/mol. The number of anilines is 1. The van der Waals surface area contributed by atoms with Crippen LogP contribution in [0.25, 0.3) is 0 Å². The van der Waals surface area contributed by atoms with Crippen molar-refractivity contribution in [2.75, 3.05) is 25.0 Å². The first-order chi connectivity index (χ1) is 7.74. The minimum atomic E-state index is -1.07. The number of carbonyl (C=O) groups is 1. The Kier molecular flexibility index (Phi) is 5.21. The normalized spacial score (nSPS) is 10.1. The number of carboxylic acids is 1. The standard InChI is InChI=1S/C10H16N4O2/c1-2-11-4-3-5-13-9-7-12-6-8(14-9)10(15)16/h6-7,11H,2-5H2,1H3,(H,13,14)(H,15,16). The molecule has 1 rings (SSSR count). The molecule has 0 saturated carbocycles. The lowest BCUT2D eigenvalue weighted by molar-refractivity contribution is 0.0690. The molecule has 1 heterocycles. The summed E-state index contributed by atoms with van der Waals surface area (Å²) < 4.78 is 0. The van der Waals surface area contributed by atoms with E-state index in [0.29, 0.717) is 5.82 Å². The third-order valence-electron chi connectivity index (χ3n) is 1.94. The van der Waals surface area contributed by atoms with E-state index < -0.39 is 5.97 Å². The molecule has 0 amide bonds. The van der Waals surface area contributed by atoms with Crippen molar-refractivity contribution in [1.82, 2.24) is 15.3 Å². The second-order valence-electron chi connectivity index (χ2n) is 3.23. The van der Waals surface area contributed by atoms with Crippen LogP contribution in [-0.4, -0.2) is 40.7 Å². The van der Waals surface area contributed by atoms with Crippen LogP contribution in [0.4, 0.5) is 5.82 Å². The van der Waals surface area contributed by atoms with E-state index in [2.05, 4.69) is 27.5 Å². The molecule has 0 unspecified atom stereocenters. The number of carboxylic acid groups (broad SMARTS) is 1. The minimum Gasteiger partial charge on any atom is -0.476 e. The molecule has 6 nitrogen and oxygen atoms in total. The van der Waals surface area contributed by atoms with Crippen molar-refractivity contribution in [3.05, 3.63) is 18.1 Å². The van der Waals surface area contributed by atoms with Gasteiger partial charge in [0, 0.05) is 6.54 Å². The number of aromatic nitrogens is 2. The molecule has 0 saturated heterocycles. The first-order valence-electron chi connectivity index (χ1n) is 5.24. The van der Waals surface area contributed by atoms with E-state index in [0.717, 1.165) is 26.1 Å². The van der Waals surface area contributed by atoms with E-state index in [9.17, 15) is 4.79 Å². The number of hydrogen-bond acceptors (Lipinski definition) is 5. The van der Waals surface area contributed by atoms with Gasteiger partial charge in [0.05, 0.1) is 12.4 Å². The third-order valence-corrected chi connectivity index (χ3v) is 1.94. The highest BCUT2D eigenvalue weighted by molar-refractivity contribution is 5.85. The Hall–Kier alpha value is -1.69. The summed E-state index contributed by atoms with van der Waals surface area (Å²) in [6.07, 6.45) is 3.69. The van der Waals surface area contributed by atoms with Crippen molar-refractivity contribution in [3.8, 4) is 0 Å². The average Bonchev–Trinajstić information content (AvgIpc) is 2.29. The smallest absolute Gasteiger partial charge is 0.356 e. The maximum Gasteiger partial charge on any atom is 0.356 e. The SMILES string of the molecule is CCNCCCNc1cncc(C(=O)O)n1. The number of rotatable bonds is 7. The maximum absolute atomic E-state index is 10.6. The molecule has 1 aromatic rings. The van der Waals surface area contributed by atoms with Crippen LogP contribution in [0.5, 0.6) is 0 Å². The van der Waals surface area contributed by atoms with Crippen molar-refractivity contribution < 1.29 is 9.90 Å². The molecule has 6 heteroatoms. The fraction of sp³-hybridized carbons (Fsp3) is 0.500. The Labute approximate surface area is 94.1 Å². The summed E-state index contributed by atoms with van der Waals surface area (Å²) in [6.45, 7) is 4.67. The Morgan fingerprint density at radius 2 is 2.25 bits per heavy atom. The van der Waals surface area contributed by atoms with Gasteiger partial charge in [-0.05, 0) is 19.5 Å². The predicted molar refractivity (Wildman–Crippen MR) is 60.6 cm³/mol. The molecule has 0 atom stereocenters. The fourth-order valence-corrected chi connectivity index (χ4v) is 1.16. The van der Waals surface area contributed by atoms with Crippen molar-refractivity contribution in [1.29, 1.82) is 0 Å². The molecule has 0 radical (unpaired) electrons. The summed E-state index contributed by atoms with van der Waals surface area (Å²) in [6, 6.07) is 0. The Balaban J connectivity index is 2.36. The van der Waals surface area contributed by atoms with E-state index in [1.807, 2.05) is 0 Å². The first kappa shape index (κ1) is 12.4. The first-order valence-corrected chi connectivity index (χ1v) is 5.24. The zero-order valence-corrected chi connectivity index (χ0v) is 9.23. The number of aromatic carboxylic acids is 1. The van der Waals surface area contributed by atoms with Gasteiger partial charge in [0.25, 0.3) is 0 Å². The molecule has 1 aromatic heterocycles. The number of hydrogen-bond donors (Lipinski definition) is 3. The highest BCUT2D eigenvalue weighted by Gasteiger charge is 2.05. The minimum absolute atomic E-state index is 0.0447. The molecule has 0 spiro atoms. The van der Waals surface area contributed by atoms with Gasteiger partial charge in [0.1, 0.15) is 5.82 Å². The molecule has 0 aliphatic heterocycles. The van der Waals surface area contributed by atoms with Crippen LogP contribution in [0.15, 0.2) is 12.4 Å². The second kappa shape index (κ2) is 6.73. The molecule has 88 valence electrons. The van der Waals surface area contributed by atoms with E-state index in [-0.39, 0.29) is 5.69 Å². The summed E-state index contributed by atoms with van der Waals surface area (Å²) in [5.41, 5.74) is -0.0447. The molecule has 0 aliphatic carbocycles. The fourth-order valence-electron chi connectivity index (χ4n) is 1.16. The van der Waals surface area contributed by atoms with Gasteiger partial charge in [-0.15, -0.1) is 0 Å². The van der Waals surface area contributed by atoms with Crippen LogP contribution in [0.1, 0.15) is 23.8 Å². The molecular formula is C10H16N4O2. The zero-order valence-electron chi connectivity index (χ0n) is 9.23. The molecule has 3 N–H and O–H groups in total. The van der Waals surface area contributed by atoms with Gasteiger partial charge in [-0.1, -0.05) is 6.92 Å². The lowest BCUT2D eigenvalue weighted by Gasteiger charge is -2.05. The topological polar surface area (TPSA) is 87.1 Å². The lowest BCUT2D eigenvalue weighted by atomic mass is 10.4. The molecule has 16 heavy (non-hydrogen) atoms. The van der Waals surface area contributed by atoms with Crippen molar-refractivity contribution >= 4 is 11.8 Å². The second-order valence-corrected chi connectivity index (χ2v) is 3.23. The van der Waals surface area contributed by atoms with E-state index in [4.69, 9.17) is 5.11 Å². The van der Waals surface area contributed by atoms with Gasteiger partial charge in [0.15, 0.2) is 5.69 Å². The van der Waals surface area contributed by atoms with Crippen LogP contribution in [0.2, 0.25) is 0 Å². The molecule has 0 aromatic carbocycles.